The number of carbonyl (C=O) groups is 1. The third kappa shape index (κ3) is 1.18. The van der Waals surface area contributed by atoms with Crippen LogP contribution in [0.4, 0.5) is 0 Å². The third-order valence-electron chi connectivity index (χ3n) is 2.75. The molecule has 0 saturated carbocycles. The molecule has 0 aromatic heterocycles. The van der Waals surface area contributed by atoms with Crippen LogP contribution >= 0.6 is 0 Å². The lowest BCUT2D eigenvalue weighted by Gasteiger charge is -2.09. The number of rotatable bonds is 1. The van der Waals surface area contributed by atoms with Gasteiger partial charge in [0.25, 0.3) is 0 Å². The first-order chi connectivity index (χ1) is 6.24. The van der Waals surface area contributed by atoms with Crippen LogP contribution in [0.25, 0.3) is 0 Å². The number of fused-ring (bicyclic) bond motifs is 1. The van der Waals surface area contributed by atoms with Crippen molar-refractivity contribution in [2.75, 3.05) is 6.54 Å². The van der Waals surface area contributed by atoms with Crippen molar-refractivity contribution in [3.05, 3.63) is 34.9 Å². The lowest BCUT2D eigenvalue weighted by atomic mass is 9.97. The average Bonchev–Trinajstić information content (AvgIpc) is 2.45. The molecule has 2 heteroatoms. The van der Waals surface area contributed by atoms with Gasteiger partial charge in [0.2, 0.25) is 0 Å². The number of hydrogen-bond donors (Lipinski definition) is 1. The highest BCUT2D eigenvalue weighted by Crippen LogP contribution is 2.34. The molecule has 1 unspecified atom stereocenters. The minimum Gasteiger partial charge on any atom is -0.330 e. The number of aryl methyl sites for hydroxylation is 1. The molecule has 0 radical (unpaired) electrons. The molecule has 0 bridgehead atoms. The molecule has 1 aliphatic carbocycles. The van der Waals surface area contributed by atoms with Gasteiger partial charge in [-0.05, 0) is 24.6 Å². The zero-order valence-electron chi connectivity index (χ0n) is 7.71. The molecule has 1 atom stereocenters. The van der Waals surface area contributed by atoms with Gasteiger partial charge in [-0.15, -0.1) is 0 Å². The minimum absolute atomic E-state index is 0.245. The summed E-state index contributed by atoms with van der Waals surface area (Å²) in [5.41, 5.74) is 8.88. The Hall–Kier alpha value is -1.15. The molecule has 13 heavy (non-hydrogen) atoms. The Morgan fingerprint density at radius 3 is 3.00 bits per heavy atom. The van der Waals surface area contributed by atoms with E-state index in [4.69, 9.17) is 5.73 Å². The van der Waals surface area contributed by atoms with E-state index in [9.17, 15) is 4.79 Å². The van der Waals surface area contributed by atoms with Crippen LogP contribution in [0.1, 0.15) is 33.8 Å². The minimum atomic E-state index is 0.245. The van der Waals surface area contributed by atoms with Crippen LogP contribution in [0.5, 0.6) is 0 Å². The monoisotopic (exact) mass is 175 g/mol. The summed E-state index contributed by atoms with van der Waals surface area (Å²) in [7, 11) is 0. The van der Waals surface area contributed by atoms with Crippen LogP contribution in [0, 0.1) is 6.92 Å². The predicted molar refractivity (Wildman–Crippen MR) is 51.9 cm³/mol. The second kappa shape index (κ2) is 2.96. The molecular weight excluding hydrogens is 162 g/mol. The topological polar surface area (TPSA) is 43.1 Å². The quantitative estimate of drug-likeness (QED) is 0.704. The van der Waals surface area contributed by atoms with E-state index in [0.29, 0.717) is 13.0 Å². The Morgan fingerprint density at radius 2 is 2.31 bits per heavy atom. The van der Waals surface area contributed by atoms with E-state index < -0.39 is 0 Å². The van der Waals surface area contributed by atoms with E-state index in [0.717, 1.165) is 5.56 Å². The van der Waals surface area contributed by atoms with Gasteiger partial charge in [0.15, 0.2) is 5.78 Å². The highest BCUT2D eigenvalue weighted by molar-refractivity contribution is 6.01. The predicted octanol–water partition coefficient (Wildman–Crippen LogP) is 1.62. The second-order valence-electron chi connectivity index (χ2n) is 3.60. The number of ketones is 1. The largest absolute Gasteiger partial charge is 0.330 e. The molecule has 0 amide bonds. The SMILES string of the molecule is Cc1cccc2c1C(CN)CC2=O. The Bertz CT molecular complexity index is 357. The molecule has 0 aliphatic heterocycles. The molecule has 0 fully saturated rings. The maximum Gasteiger partial charge on any atom is 0.163 e. The van der Waals surface area contributed by atoms with Crippen LogP contribution in [0.2, 0.25) is 0 Å². The van der Waals surface area contributed by atoms with E-state index in [2.05, 4.69) is 0 Å². The summed E-state index contributed by atoms with van der Waals surface area (Å²) in [4.78, 5) is 11.5. The summed E-state index contributed by atoms with van der Waals surface area (Å²) >= 11 is 0. The van der Waals surface area contributed by atoms with E-state index in [1.807, 2.05) is 25.1 Å². The Labute approximate surface area is 77.8 Å². The Balaban J connectivity index is 2.58. The summed E-state index contributed by atoms with van der Waals surface area (Å²) in [6, 6.07) is 5.88. The van der Waals surface area contributed by atoms with Crippen LogP contribution in [-0.4, -0.2) is 12.3 Å². The van der Waals surface area contributed by atoms with E-state index in [-0.39, 0.29) is 11.7 Å². The van der Waals surface area contributed by atoms with Gasteiger partial charge in [0.05, 0.1) is 0 Å². The first-order valence-electron chi connectivity index (χ1n) is 4.57. The highest BCUT2D eigenvalue weighted by atomic mass is 16.1. The molecule has 0 heterocycles. The zero-order chi connectivity index (χ0) is 9.42. The zero-order valence-corrected chi connectivity index (χ0v) is 7.71. The fraction of sp³-hybridized carbons (Fsp3) is 0.364. The van der Waals surface area contributed by atoms with Crippen molar-refractivity contribution in [1.82, 2.24) is 0 Å². The summed E-state index contributed by atoms with van der Waals surface area (Å²) < 4.78 is 0. The van der Waals surface area contributed by atoms with Gasteiger partial charge in [0, 0.05) is 17.9 Å². The van der Waals surface area contributed by atoms with Crippen LogP contribution < -0.4 is 5.73 Å². The summed E-state index contributed by atoms with van der Waals surface area (Å²) in [5, 5.41) is 0. The van der Waals surface area contributed by atoms with E-state index in [1.54, 1.807) is 0 Å². The number of carbonyl (C=O) groups excluding carboxylic acids is 1. The summed E-state index contributed by atoms with van der Waals surface area (Å²) in [6.07, 6.45) is 0.594. The van der Waals surface area contributed by atoms with Gasteiger partial charge in [-0.3, -0.25) is 4.79 Å². The third-order valence-corrected chi connectivity index (χ3v) is 2.75. The normalized spacial score (nSPS) is 20.5. The number of hydrogen-bond acceptors (Lipinski definition) is 2. The number of benzene rings is 1. The lowest BCUT2D eigenvalue weighted by Crippen LogP contribution is -2.10. The number of Topliss-reactive ketones (excluding diaryl/α,β-unsaturated/α-hetero) is 1. The standard InChI is InChI=1S/C11H13NO/c1-7-3-2-4-9-10(13)5-8(6-12)11(7)9/h2-4,8H,5-6,12H2,1H3. The average molecular weight is 175 g/mol. The fourth-order valence-corrected chi connectivity index (χ4v) is 2.10. The van der Waals surface area contributed by atoms with Crippen molar-refractivity contribution in [1.29, 1.82) is 0 Å². The molecule has 0 saturated heterocycles. The molecule has 2 N–H and O–H groups in total. The second-order valence-corrected chi connectivity index (χ2v) is 3.60. The van der Waals surface area contributed by atoms with Crippen molar-refractivity contribution in [3.8, 4) is 0 Å². The summed E-state index contributed by atoms with van der Waals surface area (Å²) in [5.74, 6) is 0.498. The highest BCUT2D eigenvalue weighted by Gasteiger charge is 2.28. The van der Waals surface area contributed by atoms with Gasteiger partial charge < -0.3 is 5.73 Å². The molecule has 2 nitrogen and oxygen atoms in total. The van der Waals surface area contributed by atoms with Crippen LogP contribution in [-0.2, 0) is 0 Å². The van der Waals surface area contributed by atoms with Gasteiger partial charge >= 0.3 is 0 Å². The van der Waals surface area contributed by atoms with Gasteiger partial charge in [-0.25, -0.2) is 0 Å². The molecular formula is C11H13NO. The van der Waals surface area contributed by atoms with Gasteiger partial charge in [-0.2, -0.15) is 0 Å². The lowest BCUT2D eigenvalue weighted by molar-refractivity contribution is 0.0989. The fourth-order valence-electron chi connectivity index (χ4n) is 2.10. The Kier molecular flexibility index (Phi) is 1.93. The van der Waals surface area contributed by atoms with Gasteiger partial charge in [0.1, 0.15) is 0 Å². The Morgan fingerprint density at radius 1 is 1.54 bits per heavy atom. The number of nitrogens with two attached hydrogens (primary N) is 1. The van der Waals surface area contributed by atoms with Crippen molar-refractivity contribution in [2.24, 2.45) is 5.73 Å². The van der Waals surface area contributed by atoms with Crippen molar-refractivity contribution in [2.45, 2.75) is 19.3 Å². The molecule has 1 aliphatic rings. The first-order valence-corrected chi connectivity index (χ1v) is 4.57. The maximum atomic E-state index is 11.5. The summed E-state index contributed by atoms with van der Waals surface area (Å²) in [6.45, 7) is 2.61. The van der Waals surface area contributed by atoms with Crippen molar-refractivity contribution < 1.29 is 4.79 Å². The smallest absolute Gasteiger partial charge is 0.163 e. The van der Waals surface area contributed by atoms with E-state index >= 15 is 0 Å². The van der Waals surface area contributed by atoms with E-state index in [1.165, 1.54) is 11.1 Å². The molecule has 68 valence electrons. The van der Waals surface area contributed by atoms with Gasteiger partial charge in [-0.1, -0.05) is 18.2 Å². The molecule has 2 rings (SSSR count). The maximum absolute atomic E-state index is 11.5. The molecule has 1 aromatic carbocycles. The van der Waals surface area contributed by atoms with Crippen LogP contribution in [0.15, 0.2) is 18.2 Å². The molecule has 1 aromatic rings. The van der Waals surface area contributed by atoms with Crippen molar-refractivity contribution in [3.63, 3.8) is 0 Å². The first kappa shape index (κ1) is 8.45. The van der Waals surface area contributed by atoms with Crippen molar-refractivity contribution >= 4 is 5.78 Å². The van der Waals surface area contributed by atoms with Crippen LogP contribution in [0.3, 0.4) is 0 Å². The molecule has 0 spiro atoms.